The van der Waals surface area contributed by atoms with Crippen LogP contribution in [0.1, 0.15) is 5.56 Å². The van der Waals surface area contributed by atoms with Gasteiger partial charge in [0.1, 0.15) is 23.1 Å². The second-order valence-electron chi connectivity index (χ2n) is 5.87. The summed E-state index contributed by atoms with van der Waals surface area (Å²) in [6.45, 7) is -0.0810. The van der Waals surface area contributed by atoms with E-state index in [1.807, 2.05) is 0 Å². The normalized spacial score (nSPS) is 13.4. The number of alkyl halides is 6. The van der Waals surface area contributed by atoms with Crippen molar-refractivity contribution in [2.24, 2.45) is 0 Å². The van der Waals surface area contributed by atoms with E-state index in [1.54, 1.807) is 0 Å². The van der Waals surface area contributed by atoms with Crippen LogP contribution in [-0.2, 0) is 10.8 Å². The molecular formula is C17H11Cl2F7O2S. The Hall–Kier alpha value is -1.52. The van der Waals surface area contributed by atoms with Gasteiger partial charge in [-0.1, -0.05) is 11.6 Å². The Balaban J connectivity index is 2.53. The lowest BCUT2D eigenvalue weighted by Gasteiger charge is -2.15. The van der Waals surface area contributed by atoms with Crippen molar-refractivity contribution >= 4 is 34.0 Å². The summed E-state index contributed by atoms with van der Waals surface area (Å²) in [6.07, 6.45) is -4.74. The molecule has 0 N–H and O–H groups in total. The molecule has 0 aliphatic carbocycles. The van der Waals surface area contributed by atoms with Crippen LogP contribution < -0.4 is 4.74 Å². The number of aryl methyl sites for hydroxylation is 1. The van der Waals surface area contributed by atoms with E-state index in [1.165, 1.54) is 6.92 Å². The number of rotatable bonds is 6. The minimum Gasteiger partial charge on any atom is -0.484 e. The van der Waals surface area contributed by atoms with E-state index in [0.29, 0.717) is 6.07 Å². The van der Waals surface area contributed by atoms with Gasteiger partial charge in [-0.15, -0.1) is 0 Å². The molecule has 12 heteroatoms. The van der Waals surface area contributed by atoms with Crippen molar-refractivity contribution in [2.75, 3.05) is 12.4 Å². The Labute approximate surface area is 173 Å². The zero-order valence-electron chi connectivity index (χ0n) is 14.4. The van der Waals surface area contributed by atoms with Crippen LogP contribution in [0.15, 0.2) is 29.2 Å². The summed E-state index contributed by atoms with van der Waals surface area (Å²) >= 11 is 10.4. The molecule has 0 amide bonds. The molecule has 0 saturated carbocycles. The van der Waals surface area contributed by atoms with Crippen molar-refractivity contribution in [3.63, 3.8) is 0 Å². The second kappa shape index (κ2) is 8.69. The fraction of sp³-hybridized carbons (Fsp3) is 0.294. The van der Waals surface area contributed by atoms with Crippen LogP contribution in [0.5, 0.6) is 5.75 Å². The molecule has 0 aromatic heterocycles. The lowest BCUT2D eigenvalue weighted by Crippen LogP contribution is -2.19. The predicted octanol–water partition coefficient (Wildman–Crippen LogP) is 6.47. The van der Waals surface area contributed by atoms with Gasteiger partial charge in [0.2, 0.25) is 0 Å². The molecule has 2 nitrogen and oxygen atoms in total. The van der Waals surface area contributed by atoms with Crippen molar-refractivity contribution in [1.82, 2.24) is 0 Å². The second-order valence-corrected chi connectivity index (χ2v) is 8.25. The predicted molar refractivity (Wildman–Crippen MR) is 95.2 cm³/mol. The fourth-order valence-electron chi connectivity index (χ4n) is 2.34. The minimum atomic E-state index is -4.74. The highest BCUT2D eigenvalue weighted by Crippen LogP contribution is 2.37. The van der Waals surface area contributed by atoms with Crippen LogP contribution in [0.4, 0.5) is 30.7 Å². The highest BCUT2D eigenvalue weighted by molar-refractivity contribution is 7.85. The van der Waals surface area contributed by atoms with Crippen molar-refractivity contribution in [3.8, 4) is 16.9 Å². The summed E-state index contributed by atoms with van der Waals surface area (Å²) in [7, 11) is -2.58. The third-order valence-electron chi connectivity index (χ3n) is 3.51. The highest BCUT2D eigenvalue weighted by Gasteiger charge is 2.32. The van der Waals surface area contributed by atoms with Gasteiger partial charge in [0.15, 0.2) is 6.61 Å². The molecule has 1 atom stereocenters. The average molecular weight is 483 g/mol. The largest absolute Gasteiger partial charge is 0.484 e. The number of ether oxygens (including phenoxy) is 1. The van der Waals surface area contributed by atoms with E-state index in [0.717, 1.165) is 18.2 Å². The molecule has 0 aliphatic heterocycles. The van der Waals surface area contributed by atoms with E-state index in [9.17, 15) is 34.9 Å². The van der Waals surface area contributed by atoms with Gasteiger partial charge in [0.25, 0.3) is 0 Å². The molecule has 29 heavy (non-hydrogen) atoms. The van der Waals surface area contributed by atoms with Gasteiger partial charge < -0.3 is 4.74 Å². The number of hydrogen-bond acceptors (Lipinski definition) is 2. The van der Waals surface area contributed by atoms with Gasteiger partial charge in [-0.05, 0) is 48.4 Å². The lowest BCUT2D eigenvalue weighted by atomic mass is 10.0. The molecule has 2 aromatic rings. The van der Waals surface area contributed by atoms with Crippen LogP contribution in [0.3, 0.4) is 0 Å². The maximum absolute atomic E-state index is 14.4. The zero-order chi connectivity index (χ0) is 22.1. The smallest absolute Gasteiger partial charge is 0.400 e. The molecule has 0 aliphatic rings. The first-order valence-electron chi connectivity index (χ1n) is 7.62. The monoisotopic (exact) mass is 482 g/mol. The Morgan fingerprint density at radius 1 is 1.00 bits per heavy atom. The van der Waals surface area contributed by atoms with Crippen LogP contribution in [-0.4, -0.2) is 28.1 Å². The average Bonchev–Trinajstić information content (AvgIpc) is 2.52. The minimum absolute atomic E-state index is 0.0403. The molecule has 0 radical (unpaired) electrons. The fourth-order valence-corrected chi connectivity index (χ4v) is 3.72. The maximum Gasteiger partial charge on any atom is 0.400 e. The number of halogens is 9. The SMILES string of the molecule is Cc1cc(F)c(-c2cc(OCC(F)(F)Cl)c(Cl)cc2F)cc1S(=O)CC(F)(F)F. The van der Waals surface area contributed by atoms with Crippen molar-refractivity contribution < 1.29 is 39.7 Å². The molecule has 2 aromatic carbocycles. The van der Waals surface area contributed by atoms with Gasteiger partial charge in [-0.3, -0.25) is 4.21 Å². The number of benzene rings is 2. The van der Waals surface area contributed by atoms with Gasteiger partial charge in [0.05, 0.1) is 15.8 Å². The lowest BCUT2D eigenvalue weighted by molar-refractivity contribution is -0.105. The van der Waals surface area contributed by atoms with Crippen LogP contribution in [0.2, 0.25) is 5.02 Å². The zero-order valence-corrected chi connectivity index (χ0v) is 16.7. The first-order chi connectivity index (χ1) is 13.2. The van der Waals surface area contributed by atoms with Crippen molar-refractivity contribution in [2.45, 2.75) is 23.4 Å². The molecule has 1 unspecified atom stereocenters. The molecule has 2 rings (SSSR count). The molecule has 0 bridgehead atoms. The summed E-state index contributed by atoms with van der Waals surface area (Å²) in [6, 6.07) is 3.05. The quantitative estimate of drug-likeness (QED) is 0.348. The summed E-state index contributed by atoms with van der Waals surface area (Å²) < 4.78 is 109. The van der Waals surface area contributed by atoms with E-state index in [-0.39, 0.29) is 10.5 Å². The maximum atomic E-state index is 14.4. The molecule has 160 valence electrons. The Morgan fingerprint density at radius 3 is 2.10 bits per heavy atom. The highest BCUT2D eigenvalue weighted by atomic mass is 35.5. The third-order valence-corrected chi connectivity index (χ3v) is 5.43. The molecule has 0 saturated heterocycles. The summed E-state index contributed by atoms with van der Waals surface area (Å²) in [4.78, 5) is -0.358. The summed E-state index contributed by atoms with van der Waals surface area (Å²) in [5.41, 5.74) is -1.12. The Bertz CT molecular complexity index is 943. The van der Waals surface area contributed by atoms with Gasteiger partial charge >= 0.3 is 11.6 Å². The summed E-state index contributed by atoms with van der Waals surface area (Å²) in [5, 5.41) is -4.17. The van der Waals surface area contributed by atoms with Gasteiger partial charge in [-0.25, -0.2) is 8.78 Å². The van der Waals surface area contributed by atoms with Gasteiger partial charge in [0, 0.05) is 16.0 Å². The third kappa shape index (κ3) is 6.48. The van der Waals surface area contributed by atoms with E-state index >= 15 is 0 Å². The standard InChI is InChI=1S/C17H11Cl2F7O2S/c1-8-2-12(20)10(4-15(8)29(27)7-17(24,25)26)9-3-14(11(18)5-13(9)21)28-6-16(19,22)23/h2-5H,6-7H2,1H3. The van der Waals surface area contributed by atoms with Crippen LogP contribution >= 0.6 is 23.2 Å². The Morgan fingerprint density at radius 2 is 1.55 bits per heavy atom. The van der Waals surface area contributed by atoms with Crippen LogP contribution in [0.25, 0.3) is 11.1 Å². The van der Waals surface area contributed by atoms with E-state index in [4.69, 9.17) is 27.9 Å². The first-order valence-corrected chi connectivity index (χ1v) is 9.69. The van der Waals surface area contributed by atoms with Crippen LogP contribution in [0, 0.1) is 18.6 Å². The molecule has 0 fully saturated rings. The van der Waals surface area contributed by atoms with Gasteiger partial charge in [-0.2, -0.15) is 22.0 Å². The topological polar surface area (TPSA) is 26.3 Å². The van der Waals surface area contributed by atoms with E-state index < -0.39 is 68.3 Å². The number of hydrogen-bond donors (Lipinski definition) is 0. The van der Waals surface area contributed by atoms with Crippen molar-refractivity contribution in [3.05, 3.63) is 46.5 Å². The molecule has 0 spiro atoms. The molecular weight excluding hydrogens is 472 g/mol. The van der Waals surface area contributed by atoms with Crippen molar-refractivity contribution in [1.29, 1.82) is 0 Å². The summed E-state index contributed by atoms with van der Waals surface area (Å²) in [5.74, 6) is -4.28. The Kier molecular flexibility index (Phi) is 7.12. The first kappa shape index (κ1) is 23.8. The molecule has 0 heterocycles. The van der Waals surface area contributed by atoms with E-state index in [2.05, 4.69) is 0 Å².